The smallest absolute Gasteiger partial charge is 0.306 e. The second-order valence-electron chi connectivity index (χ2n) is 2.83. The molecule has 0 radical (unpaired) electrons. The van der Waals surface area contributed by atoms with Crippen LogP contribution in [0.15, 0.2) is 9.85 Å². The molecular formula is C8H9BrF3NS. The molecule has 0 spiro atoms. The monoisotopic (exact) mass is 287 g/mol. The van der Waals surface area contributed by atoms with Gasteiger partial charge in [-0.1, -0.05) is 0 Å². The standard InChI is InChI=1S/C8H9BrF3NS/c1-4-5(3-6(9)14-4)7(13-2)8(10,11)12/h3,7,13H,1-2H3. The van der Waals surface area contributed by atoms with Crippen molar-refractivity contribution in [3.63, 3.8) is 0 Å². The molecule has 0 fully saturated rings. The Balaban J connectivity index is 3.07. The topological polar surface area (TPSA) is 12.0 Å². The maximum absolute atomic E-state index is 12.5. The number of nitrogens with one attached hydrogen (secondary N) is 1. The van der Waals surface area contributed by atoms with Crippen molar-refractivity contribution in [2.45, 2.75) is 19.1 Å². The summed E-state index contributed by atoms with van der Waals surface area (Å²) in [6, 6.07) is -0.0701. The Labute approximate surface area is 92.4 Å². The maximum Gasteiger partial charge on any atom is 0.407 e. The van der Waals surface area contributed by atoms with Gasteiger partial charge in [-0.25, -0.2) is 0 Å². The Morgan fingerprint density at radius 2 is 2.07 bits per heavy atom. The maximum atomic E-state index is 12.5. The fourth-order valence-corrected chi connectivity index (χ4v) is 2.99. The predicted molar refractivity (Wildman–Crippen MR) is 54.6 cm³/mol. The first-order chi connectivity index (χ1) is 6.36. The first-order valence-electron chi connectivity index (χ1n) is 3.86. The van der Waals surface area contributed by atoms with Gasteiger partial charge in [-0.05, 0) is 41.5 Å². The highest BCUT2D eigenvalue weighted by molar-refractivity contribution is 9.11. The van der Waals surface area contributed by atoms with Crippen LogP contribution in [0.5, 0.6) is 0 Å². The molecule has 0 amide bonds. The molecule has 0 aromatic carbocycles. The quantitative estimate of drug-likeness (QED) is 0.876. The van der Waals surface area contributed by atoms with Gasteiger partial charge < -0.3 is 5.32 Å². The number of alkyl halides is 3. The number of rotatable bonds is 2. The lowest BCUT2D eigenvalue weighted by molar-refractivity contribution is -0.156. The van der Waals surface area contributed by atoms with Crippen molar-refractivity contribution in [3.05, 3.63) is 20.3 Å². The van der Waals surface area contributed by atoms with Crippen LogP contribution in [0.4, 0.5) is 13.2 Å². The zero-order valence-electron chi connectivity index (χ0n) is 7.57. The summed E-state index contributed by atoms with van der Waals surface area (Å²) in [5.74, 6) is 0. The highest BCUT2D eigenvalue weighted by Gasteiger charge is 2.40. The van der Waals surface area contributed by atoms with Crippen molar-refractivity contribution in [2.75, 3.05) is 7.05 Å². The van der Waals surface area contributed by atoms with E-state index < -0.39 is 12.2 Å². The largest absolute Gasteiger partial charge is 0.407 e. The van der Waals surface area contributed by atoms with E-state index in [1.807, 2.05) is 0 Å². The summed E-state index contributed by atoms with van der Waals surface area (Å²) < 4.78 is 38.3. The Morgan fingerprint density at radius 1 is 1.50 bits per heavy atom. The molecule has 1 rings (SSSR count). The molecule has 0 saturated heterocycles. The van der Waals surface area contributed by atoms with E-state index in [2.05, 4.69) is 21.2 Å². The first-order valence-corrected chi connectivity index (χ1v) is 5.47. The van der Waals surface area contributed by atoms with Gasteiger partial charge >= 0.3 is 6.18 Å². The lowest BCUT2D eigenvalue weighted by atomic mass is 10.1. The van der Waals surface area contributed by atoms with Gasteiger partial charge in [0.15, 0.2) is 0 Å². The molecule has 6 heteroatoms. The number of halogens is 4. The van der Waals surface area contributed by atoms with Crippen molar-refractivity contribution >= 4 is 27.3 Å². The van der Waals surface area contributed by atoms with Crippen molar-refractivity contribution in [1.82, 2.24) is 5.32 Å². The second-order valence-corrected chi connectivity index (χ2v) is 5.46. The molecule has 0 aliphatic rings. The summed E-state index contributed by atoms with van der Waals surface area (Å²) in [5, 5.41) is 2.27. The number of aryl methyl sites for hydroxylation is 1. The van der Waals surface area contributed by atoms with Gasteiger partial charge in [0.2, 0.25) is 0 Å². The van der Waals surface area contributed by atoms with Gasteiger partial charge in [0, 0.05) is 4.88 Å². The molecule has 0 aliphatic carbocycles. The zero-order chi connectivity index (χ0) is 10.9. The van der Waals surface area contributed by atoms with Gasteiger partial charge in [0.05, 0.1) is 3.79 Å². The van der Waals surface area contributed by atoms with E-state index in [1.54, 1.807) is 6.92 Å². The summed E-state index contributed by atoms with van der Waals surface area (Å²) in [4.78, 5) is 0.675. The van der Waals surface area contributed by atoms with Gasteiger partial charge in [-0.15, -0.1) is 11.3 Å². The predicted octanol–water partition coefficient (Wildman–Crippen LogP) is 3.64. The SMILES string of the molecule is CNC(c1cc(Br)sc1C)C(F)(F)F. The Kier molecular flexibility index (Phi) is 3.60. The highest BCUT2D eigenvalue weighted by Crippen LogP contribution is 2.38. The highest BCUT2D eigenvalue weighted by atomic mass is 79.9. The molecule has 1 N–H and O–H groups in total. The molecule has 0 bridgehead atoms. The van der Waals surface area contributed by atoms with E-state index in [-0.39, 0.29) is 5.56 Å². The van der Waals surface area contributed by atoms with Crippen LogP contribution in [0.3, 0.4) is 0 Å². The van der Waals surface area contributed by atoms with E-state index in [0.29, 0.717) is 4.88 Å². The molecule has 1 nitrogen and oxygen atoms in total. The van der Waals surface area contributed by atoms with Crippen LogP contribution in [-0.2, 0) is 0 Å². The van der Waals surface area contributed by atoms with Crippen LogP contribution in [0.2, 0.25) is 0 Å². The van der Waals surface area contributed by atoms with Crippen molar-refractivity contribution < 1.29 is 13.2 Å². The van der Waals surface area contributed by atoms with Gasteiger partial charge in [0.1, 0.15) is 6.04 Å². The van der Waals surface area contributed by atoms with Crippen LogP contribution < -0.4 is 5.32 Å². The van der Waals surface area contributed by atoms with E-state index in [1.165, 1.54) is 24.5 Å². The molecule has 1 atom stereocenters. The van der Waals surface area contributed by atoms with Crippen molar-refractivity contribution in [2.24, 2.45) is 0 Å². The Hall–Kier alpha value is -0.0700. The summed E-state index contributed by atoms with van der Waals surface area (Å²) >= 11 is 4.48. The fraction of sp³-hybridized carbons (Fsp3) is 0.500. The zero-order valence-corrected chi connectivity index (χ0v) is 9.98. The first kappa shape index (κ1) is 12.0. The van der Waals surface area contributed by atoms with Gasteiger partial charge in [-0.3, -0.25) is 0 Å². The van der Waals surface area contributed by atoms with Crippen LogP contribution in [0.1, 0.15) is 16.5 Å². The summed E-state index contributed by atoms with van der Waals surface area (Å²) in [5.41, 5.74) is 0.289. The van der Waals surface area contributed by atoms with Crippen LogP contribution in [0.25, 0.3) is 0 Å². The fourth-order valence-electron chi connectivity index (χ4n) is 1.24. The molecule has 80 valence electrons. The molecule has 1 heterocycles. The normalized spacial score (nSPS) is 14.4. The molecule has 1 unspecified atom stereocenters. The minimum absolute atomic E-state index is 0.289. The molecule has 0 aliphatic heterocycles. The minimum atomic E-state index is -4.25. The third-order valence-corrected chi connectivity index (χ3v) is 3.42. The Bertz CT molecular complexity index is 321. The lowest BCUT2D eigenvalue weighted by Crippen LogP contribution is -2.31. The van der Waals surface area contributed by atoms with Gasteiger partial charge in [-0.2, -0.15) is 13.2 Å². The van der Waals surface area contributed by atoms with E-state index >= 15 is 0 Å². The molecule has 1 aromatic heterocycles. The number of hydrogen-bond donors (Lipinski definition) is 1. The summed E-state index contributed by atoms with van der Waals surface area (Å²) in [6.45, 7) is 1.68. The third kappa shape index (κ3) is 2.49. The van der Waals surface area contributed by atoms with E-state index in [4.69, 9.17) is 0 Å². The molecule has 0 saturated carbocycles. The van der Waals surface area contributed by atoms with Gasteiger partial charge in [0.25, 0.3) is 0 Å². The van der Waals surface area contributed by atoms with Crippen LogP contribution in [0, 0.1) is 6.92 Å². The Morgan fingerprint density at radius 3 is 2.36 bits per heavy atom. The molecule has 1 aromatic rings. The minimum Gasteiger partial charge on any atom is -0.306 e. The third-order valence-electron chi connectivity index (χ3n) is 1.85. The lowest BCUT2D eigenvalue weighted by Gasteiger charge is -2.19. The van der Waals surface area contributed by atoms with Crippen LogP contribution in [-0.4, -0.2) is 13.2 Å². The number of thiophene rings is 1. The number of hydrogen-bond acceptors (Lipinski definition) is 2. The second kappa shape index (κ2) is 4.20. The average Bonchev–Trinajstić information content (AvgIpc) is 2.29. The van der Waals surface area contributed by atoms with Crippen molar-refractivity contribution in [3.8, 4) is 0 Å². The van der Waals surface area contributed by atoms with E-state index in [9.17, 15) is 13.2 Å². The van der Waals surface area contributed by atoms with Crippen molar-refractivity contribution in [1.29, 1.82) is 0 Å². The van der Waals surface area contributed by atoms with E-state index in [0.717, 1.165) is 3.79 Å². The molecule has 14 heavy (non-hydrogen) atoms. The molecular weight excluding hydrogens is 279 g/mol. The summed E-state index contributed by atoms with van der Waals surface area (Å²) in [6.07, 6.45) is -4.25. The van der Waals surface area contributed by atoms with Crippen LogP contribution >= 0.6 is 27.3 Å². The summed E-state index contributed by atoms with van der Waals surface area (Å²) in [7, 11) is 1.31. The average molecular weight is 288 g/mol.